The van der Waals surface area contributed by atoms with Crippen LogP contribution in [-0.4, -0.2) is 33.0 Å². The van der Waals surface area contributed by atoms with Crippen LogP contribution in [-0.2, 0) is 9.47 Å². The van der Waals surface area contributed by atoms with Gasteiger partial charge in [-0.1, -0.05) is 30.3 Å². The van der Waals surface area contributed by atoms with Crippen LogP contribution in [0.15, 0.2) is 30.3 Å². The monoisotopic (exact) mass is 263 g/mol. The highest BCUT2D eigenvalue weighted by atomic mass is 16.5. The predicted octanol–water partition coefficient (Wildman–Crippen LogP) is 2.56. The zero-order chi connectivity index (χ0) is 13.5. The molecule has 0 bridgehead atoms. The molecule has 3 atom stereocenters. The quantitative estimate of drug-likeness (QED) is 0.802. The zero-order valence-corrected chi connectivity index (χ0v) is 11.8. The van der Waals surface area contributed by atoms with Crippen molar-refractivity contribution >= 4 is 0 Å². The fourth-order valence-electron chi connectivity index (χ4n) is 2.98. The largest absolute Gasteiger partial charge is 0.382 e. The molecule has 0 aromatic heterocycles. The van der Waals surface area contributed by atoms with E-state index in [-0.39, 0.29) is 6.10 Å². The topological polar surface area (TPSA) is 44.5 Å². The summed E-state index contributed by atoms with van der Waals surface area (Å²) in [5.74, 6) is 1.10. The molecule has 3 nitrogen and oxygen atoms in total. The first-order valence-electron chi connectivity index (χ1n) is 7.20. The fourth-order valence-corrected chi connectivity index (χ4v) is 2.98. The van der Waals surface area contributed by atoms with Gasteiger partial charge in [-0.15, -0.1) is 0 Å². The average molecular weight is 263 g/mol. The molecule has 1 aromatic rings. The first kappa shape index (κ1) is 14.5. The number of rotatable bonds is 6. The Balaban J connectivity index is 1.95. The van der Waals surface area contributed by atoms with Crippen molar-refractivity contribution in [1.82, 2.24) is 0 Å². The van der Waals surface area contributed by atoms with Crippen molar-refractivity contribution in [3.63, 3.8) is 0 Å². The number of hydrogen-bond donors (Lipinski definition) is 1. The summed E-state index contributed by atoms with van der Waals surface area (Å²) in [6, 6.07) is 10.7. The molecule has 2 N–H and O–H groups in total. The molecule has 1 aromatic carbocycles. The van der Waals surface area contributed by atoms with Crippen LogP contribution in [0.4, 0.5) is 0 Å². The second-order valence-corrected chi connectivity index (χ2v) is 5.32. The SMILES string of the molecule is COCCOC1CC(c2ccccc2)CCC1CN. The highest BCUT2D eigenvalue weighted by Crippen LogP contribution is 2.36. The van der Waals surface area contributed by atoms with Gasteiger partial charge in [0.1, 0.15) is 0 Å². The summed E-state index contributed by atoms with van der Waals surface area (Å²) < 4.78 is 11.0. The van der Waals surface area contributed by atoms with E-state index in [0.717, 1.165) is 19.4 Å². The Labute approximate surface area is 116 Å². The van der Waals surface area contributed by atoms with Crippen LogP contribution >= 0.6 is 0 Å². The van der Waals surface area contributed by atoms with Crippen molar-refractivity contribution in [3.8, 4) is 0 Å². The Morgan fingerprint density at radius 3 is 2.63 bits per heavy atom. The number of hydrogen-bond acceptors (Lipinski definition) is 3. The van der Waals surface area contributed by atoms with E-state index < -0.39 is 0 Å². The van der Waals surface area contributed by atoms with Crippen molar-refractivity contribution in [2.75, 3.05) is 26.9 Å². The molecule has 1 aliphatic rings. The summed E-state index contributed by atoms with van der Waals surface area (Å²) in [7, 11) is 1.71. The lowest BCUT2D eigenvalue weighted by Gasteiger charge is -2.35. The molecule has 0 spiro atoms. The minimum Gasteiger partial charge on any atom is -0.382 e. The van der Waals surface area contributed by atoms with Crippen molar-refractivity contribution in [3.05, 3.63) is 35.9 Å². The van der Waals surface area contributed by atoms with Gasteiger partial charge >= 0.3 is 0 Å². The van der Waals surface area contributed by atoms with E-state index in [1.807, 2.05) is 0 Å². The second kappa shape index (κ2) is 7.63. The normalized spacial score (nSPS) is 27.4. The van der Waals surface area contributed by atoms with Gasteiger partial charge in [0.15, 0.2) is 0 Å². The smallest absolute Gasteiger partial charge is 0.0704 e. The van der Waals surface area contributed by atoms with E-state index >= 15 is 0 Å². The van der Waals surface area contributed by atoms with Crippen molar-refractivity contribution in [2.45, 2.75) is 31.3 Å². The van der Waals surface area contributed by atoms with Crippen LogP contribution in [0.1, 0.15) is 30.7 Å². The molecule has 0 heterocycles. The Morgan fingerprint density at radius 1 is 1.16 bits per heavy atom. The Morgan fingerprint density at radius 2 is 1.95 bits per heavy atom. The van der Waals surface area contributed by atoms with Gasteiger partial charge < -0.3 is 15.2 Å². The molecule has 19 heavy (non-hydrogen) atoms. The van der Waals surface area contributed by atoms with Crippen molar-refractivity contribution in [2.24, 2.45) is 11.7 Å². The van der Waals surface area contributed by atoms with Crippen LogP contribution in [0.3, 0.4) is 0 Å². The van der Waals surface area contributed by atoms with Gasteiger partial charge in [-0.25, -0.2) is 0 Å². The summed E-state index contributed by atoms with van der Waals surface area (Å²) in [5.41, 5.74) is 7.30. The van der Waals surface area contributed by atoms with E-state index in [1.54, 1.807) is 7.11 Å². The van der Waals surface area contributed by atoms with Gasteiger partial charge in [-0.3, -0.25) is 0 Å². The van der Waals surface area contributed by atoms with Crippen LogP contribution in [0.5, 0.6) is 0 Å². The van der Waals surface area contributed by atoms with Crippen molar-refractivity contribution < 1.29 is 9.47 Å². The summed E-state index contributed by atoms with van der Waals surface area (Å²) in [4.78, 5) is 0. The molecule has 1 saturated carbocycles. The number of nitrogens with two attached hydrogens (primary N) is 1. The lowest BCUT2D eigenvalue weighted by atomic mass is 9.77. The summed E-state index contributed by atoms with van der Waals surface area (Å²) in [6.07, 6.45) is 3.73. The van der Waals surface area contributed by atoms with E-state index in [9.17, 15) is 0 Å². The first-order valence-corrected chi connectivity index (χ1v) is 7.20. The summed E-state index contributed by atoms with van der Waals surface area (Å²) >= 11 is 0. The third-order valence-corrected chi connectivity index (χ3v) is 4.12. The number of ether oxygens (including phenoxy) is 2. The van der Waals surface area contributed by atoms with Gasteiger partial charge in [0.25, 0.3) is 0 Å². The fraction of sp³-hybridized carbons (Fsp3) is 0.625. The standard InChI is InChI=1S/C16H25NO2/c1-18-9-10-19-16-11-14(7-8-15(16)12-17)13-5-3-2-4-6-13/h2-6,14-16H,7-12,17H2,1H3. The third-order valence-electron chi connectivity index (χ3n) is 4.12. The molecule has 2 rings (SSSR count). The van der Waals surface area contributed by atoms with Gasteiger partial charge in [-0.2, -0.15) is 0 Å². The van der Waals surface area contributed by atoms with E-state index in [0.29, 0.717) is 25.0 Å². The first-order chi connectivity index (χ1) is 9.35. The lowest BCUT2D eigenvalue weighted by Crippen LogP contribution is -2.36. The van der Waals surface area contributed by atoms with Gasteiger partial charge in [0, 0.05) is 7.11 Å². The second-order valence-electron chi connectivity index (χ2n) is 5.32. The Kier molecular flexibility index (Phi) is 5.83. The molecule has 3 unspecified atom stereocenters. The van der Waals surface area contributed by atoms with E-state index in [4.69, 9.17) is 15.2 Å². The Bertz CT molecular complexity index is 355. The van der Waals surface area contributed by atoms with Gasteiger partial charge in [0.05, 0.1) is 19.3 Å². The highest BCUT2D eigenvalue weighted by molar-refractivity contribution is 5.20. The zero-order valence-electron chi connectivity index (χ0n) is 11.8. The maximum Gasteiger partial charge on any atom is 0.0704 e. The molecule has 0 saturated heterocycles. The minimum atomic E-state index is 0.277. The Hall–Kier alpha value is -0.900. The average Bonchev–Trinajstić information content (AvgIpc) is 2.48. The molecule has 106 valence electrons. The minimum absolute atomic E-state index is 0.277. The molecular formula is C16H25NO2. The van der Waals surface area contributed by atoms with E-state index in [1.165, 1.54) is 12.0 Å². The summed E-state index contributed by atoms with van der Waals surface area (Å²) in [5, 5.41) is 0. The third kappa shape index (κ3) is 4.03. The van der Waals surface area contributed by atoms with Crippen molar-refractivity contribution in [1.29, 1.82) is 0 Å². The van der Waals surface area contributed by atoms with Crippen LogP contribution in [0.2, 0.25) is 0 Å². The maximum absolute atomic E-state index is 5.97. The number of benzene rings is 1. The predicted molar refractivity (Wildman–Crippen MR) is 77.2 cm³/mol. The van der Waals surface area contributed by atoms with Gasteiger partial charge in [0.2, 0.25) is 0 Å². The molecule has 1 fully saturated rings. The molecule has 1 aliphatic carbocycles. The molecule has 0 aliphatic heterocycles. The van der Waals surface area contributed by atoms with Crippen LogP contribution in [0, 0.1) is 5.92 Å². The maximum atomic E-state index is 5.97. The molecular weight excluding hydrogens is 238 g/mol. The van der Waals surface area contributed by atoms with Crippen LogP contribution < -0.4 is 5.73 Å². The van der Waals surface area contributed by atoms with E-state index in [2.05, 4.69) is 30.3 Å². The molecule has 0 amide bonds. The highest BCUT2D eigenvalue weighted by Gasteiger charge is 2.30. The lowest BCUT2D eigenvalue weighted by molar-refractivity contribution is -0.0331. The molecule has 3 heteroatoms. The summed E-state index contributed by atoms with van der Waals surface area (Å²) in [6.45, 7) is 2.04. The van der Waals surface area contributed by atoms with Gasteiger partial charge in [-0.05, 0) is 43.2 Å². The van der Waals surface area contributed by atoms with Crippen LogP contribution in [0.25, 0.3) is 0 Å². The molecule has 0 radical (unpaired) electrons. The number of methoxy groups -OCH3 is 1.